The van der Waals surface area contributed by atoms with Gasteiger partial charge in [-0.2, -0.15) is 13.9 Å². The Hall–Kier alpha value is -5.14. The van der Waals surface area contributed by atoms with Crippen molar-refractivity contribution in [3.05, 3.63) is 106 Å². The number of anilines is 1. The Kier molecular flexibility index (Phi) is 9.64. The normalized spacial score (nSPS) is 15.6. The van der Waals surface area contributed by atoms with Crippen molar-refractivity contribution in [2.45, 2.75) is 44.7 Å². The molecular weight excluding hydrogens is 640 g/mol. The molecule has 5 rings (SSSR count). The highest BCUT2D eigenvalue weighted by atomic mass is 19.3. The topological polar surface area (TPSA) is 98.1 Å². The maximum absolute atomic E-state index is 15.2. The van der Waals surface area contributed by atoms with Crippen molar-refractivity contribution in [2.75, 3.05) is 19.5 Å². The Morgan fingerprint density at radius 3 is 2.46 bits per heavy atom. The molecule has 0 fully saturated rings. The molecular formula is C34H31F6N5O3. The summed E-state index contributed by atoms with van der Waals surface area (Å²) in [5, 5.41) is 9.38. The smallest absolute Gasteiger partial charge is 0.337 e. The summed E-state index contributed by atoms with van der Waals surface area (Å²) in [5.74, 6) is -8.10. The fourth-order valence-corrected chi connectivity index (χ4v) is 5.93. The minimum atomic E-state index is -3.52. The number of carbonyl (C=O) groups excluding carboxylic acids is 2. The highest BCUT2D eigenvalue weighted by molar-refractivity contribution is 5.91. The van der Waals surface area contributed by atoms with E-state index in [1.54, 1.807) is 25.2 Å². The van der Waals surface area contributed by atoms with Crippen molar-refractivity contribution < 1.29 is 40.7 Å². The second kappa shape index (κ2) is 13.5. The van der Waals surface area contributed by atoms with Gasteiger partial charge in [-0.05, 0) is 60.4 Å². The first-order valence-electron chi connectivity index (χ1n) is 14.8. The number of carbonyl (C=O) groups is 2. The summed E-state index contributed by atoms with van der Waals surface area (Å²) in [4.78, 5) is 30.7. The quantitative estimate of drug-likeness (QED) is 0.132. The number of benzene rings is 2. The standard InChI is InChI=1S/C34H31F6N5O3/c1-5-25-26(41-3)15-23(19-7-6-8-20(13-19)33(47)48-4)29(43-25)27(12-18-10-21(35)14-22(36)11-18)42-28(46)16-45-31-24(30(44-45)32(37)38)9-17(2)34(31,39)40/h5-8,10-11,13-15,17,27,32,41H,1,9,12,16H2,2-4H3,(H,42,46). The van der Waals surface area contributed by atoms with Gasteiger partial charge in [0.1, 0.15) is 29.6 Å². The number of rotatable bonds is 11. The Balaban J connectivity index is 1.62. The number of ether oxygens (including phenoxy) is 1. The molecule has 2 heterocycles. The van der Waals surface area contributed by atoms with Crippen LogP contribution in [0.15, 0.2) is 55.1 Å². The van der Waals surface area contributed by atoms with Crippen molar-refractivity contribution in [1.82, 2.24) is 20.1 Å². The Bertz CT molecular complexity index is 1870. The third-order valence-corrected chi connectivity index (χ3v) is 8.19. The van der Waals surface area contributed by atoms with Crippen LogP contribution in [-0.2, 0) is 34.8 Å². The molecule has 0 aliphatic heterocycles. The number of hydrogen-bond acceptors (Lipinski definition) is 6. The zero-order chi connectivity index (χ0) is 34.9. The van der Waals surface area contributed by atoms with Crippen molar-refractivity contribution >= 4 is 23.6 Å². The summed E-state index contributed by atoms with van der Waals surface area (Å²) in [6.45, 7) is 4.15. The number of hydrogen-bond donors (Lipinski definition) is 2. The van der Waals surface area contributed by atoms with E-state index in [1.807, 2.05) is 0 Å². The summed E-state index contributed by atoms with van der Waals surface area (Å²) >= 11 is 0. The van der Waals surface area contributed by atoms with E-state index in [9.17, 15) is 27.2 Å². The van der Waals surface area contributed by atoms with Gasteiger partial charge in [0.05, 0.1) is 35.8 Å². The van der Waals surface area contributed by atoms with Crippen molar-refractivity contribution in [2.24, 2.45) is 5.92 Å². The number of fused-ring (bicyclic) bond motifs is 1. The number of nitrogens with one attached hydrogen (secondary N) is 2. The van der Waals surface area contributed by atoms with Gasteiger partial charge in [-0.15, -0.1) is 0 Å². The minimum absolute atomic E-state index is 0.118. The maximum atomic E-state index is 15.2. The number of nitrogens with zero attached hydrogens (tertiary/aromatic N) is 3. The Morgan fingerprint density at radius 1 is 1.12 bits per heavy atom. The van der Waals surface area contributed by atoms with Crippen LogP contribution in [0.25, 0.3) is 17.2 Å². The zero-order valence-corrected chi connectivity index (χ0v) is 26.1. The second-order valence-corrected chi connectivity index (χ2v) is 11.4. The van der Waals surface area contributed by atoms with E-state index in [2.05, 4.69) is 22.3 Å². The molecule has 0 radical (unpaired) electrons. The fraction of sp³-hybridized carbons (Fsp3) is 0.294. The van der Waals surface area contributed by atoms with E-state index in [4.69, 9.17) is 9.72 Å². The highest BCUT2D eigenvalue weighted by Gasteiger charge is 2.51. The Labute approximate surface area is 271 Å². The van der Waals surface area contributed by atoms with Crippen LogP contribution in [-0.4, -0.2) is 40.8 Å². The number of esters is 1. The first-order valence-corrected chi connectivity index (χ1v) is 14.8. The summed E-state index contributed by atoms with van der Waals surface area (Å²) in [6.07, 6.45) is -2.28. The van der Waals surface area contributed by atoms with Gasteiger partial charge in [-0.25, -0.2) is 27.3 Å². The zero-order valence-electron chi connectivity index (χ0n) is 26.1. The molecule has 2 aromatic heterocycles. The molecule has 2 unspecified atom stereocenters. The van der Waals surface area contributed by atoms with Crippen LogP contribution in [0.3, 0.4) is 0 Å². The Morgan fingerprint density at radius 2 is 1.83 bits per heavy atom. The highest BCUT2D eigenvalue weighted by Crippen LogP contribution is 2.48. The summed E-state index contributed by atoms with van der Waals surface area (Å²) in [5.41, 5.74) is 0.308. The van der Waals surface area contributed by atoms with Gasteiger partial charge in [0, 0.05) is 30.2 Å². The monoisotopic (exact) mass is 671 g/mol. The molecule has 1 aliphatic carbocycles. The molecule has 8 nitrogen and oxygen atoms in total. The van der Waals surface area contributed by atoms with E-state index in [1.165, 1.54) is 32.2 Å². The number of amides is 1. The molecule has 2 atom stereocenters. The van der Waals surface area contributed by atoms with Gasteiger partial charge in [0.25, 0.3) is 12.3 Å². The van der Waals surface area contributed by atoms with Crippen molar-refractivity contribution in [3.8, 4) is 11.1 Å². The first kappa shape index (κ1) is 34.2. The van der Waals surface area contributed by atoms with Crippen LogP contribution in [0.1, 0.15) is 63.7 Å². The number of methoxy groups -OCH3 is 1. The molecule has 0 saturated carbocycles. The maximum Gasteiger partial charge on any atom is 0.337 e. The van der Waals surface area contributed by atoms with E-state index in [-0.39, 0.29) is 35.2 Å². The predicted molar refractivity (Wildman–Crippen MR) is 166 cm³/mol. The van der Waals surface area contributed by atoms with Gasteiger partial charge in [0.15, 0.2) is 0 Å². The lowest BCUT2D eigenvalue weighted by atomic mass is 9.93. The second-order valence-electron chi connectivity index (χ2n) is 11.4. The third-order valence-electron chi connectivity index (χ3n) is 8.19. The molecule has 4 aromatic rings. The van der Waals surface area contributed by atoms with Gasteiger partial charge in [0.2, 0.25) is 5.91 Å². The van der Waals surface area contributed by atoms with Gasteiger partial charge in [-0.3, -0.25) is 9.48 Å². The predicted octanol–water partition coefficient (Wildman–Crippen LogP) is 7.02. The van der Waals surface area contributed by atoms with Crippen molar-refractivity contribution in [3.63, 3.8) is 0 Å². The number of alkyl halides is 4. The largest absolute Gasteiger partial charge is 0.465 e. The van der Waals surface area contributed by atoms with Gasteiger partial charge >= 0.3 is 5.97 Å². The number of aromatic nitrogens is 3. The lowest BCUT2D eigenvalue weighted by molar-refractivity contribution is -0.123. The number of pyridine rings is 1. The van der Waals surface area contributed by atoms with Crippen LogP contribution in [0.4, 0.5) is 32.0 Å². The summed E-state index contributed by atoms with van der Waals surface area (Å²) < 4.78 is 91.9. The molecule has 0 spiro atoms. The average molecular weight is 672 g/mol. The first-order chi connectivity index (χ1) is 22.8. The molecule has 0 saturated heterocycles. The molecule has 252 valence electrons. The molecule has 2 aromatic carbocycles. The third kappa shape index (κ3) is 6.64. The van der Waals surface area contributed by atoms with Crippen LogP contribution in [0.2, 0.25) is 0 Å². The van der Waals surface area contributed by atoms with Gasteiger partial charge < -0.3 is 15.4 Å². The van der Waals surface area contributed by atoms with Gasteiger partial charge in [-0.1, -0.05) is 25.6 Å². The molecule has 0 bridgehead atoms. The van der Waals surface area contributed by atoms with E-state index >= 15 is 8.78 Å². The summed E-state index contributed by atoms with van der Waals surface area (Å²) in [6, 6.07) is 9.64. The lowest BCUT2D eigenvalue weighted by Gasteiger charge is -2.24. The molecule has 1 aliphatic rings. The number of halogens is 6. The molecule has 48 heavy (non-hydrogen) atoms. The van der Waals surface area contributed by atoms with E-state index in [0.29, 0.717) is 33.3 Å². The van der Waals surface area contributed by atoms with Crippen LogP contribution < -0.4 is 10.6 Å². The van der Waals surface area contributed by atoms with Crippen LogP contribution >= 0.6 is 0 Å². The molecule has 14 heteroatoms. The van der Waals surface area contributed by atoms with Crippen LogP contribution in [0.5, 0.6) is 0 Å². The fourth-order valence-electron chi connectivity index (χ4n) is 5.93. The van der Waals surface area contributed by atoms with E-state index in [0.717, 1.165) is 12.1 Å². The molecule has 2 N–H and O–H groups in total. The summed E-state index contributed by atoms with van der Waals surface area (Å²) in [7, 11) is 2.86. The minimum Gasteiger partial charge on any atom is -0.465 e. The lowest BCUT2D eigenvalue weighted by Crippen LogP contribution is -2.35. The van der Waals surface area contributed by atoms with Crippen LogP contribution in [0, 0.1) is 17.6 Å². The van der Waals surface area contributed by atoms with Crippen molar-refractivity contribution in [1.29, 1.82) is 0 Å². The van der Waals surface area contributed by atoms with E-state index < -0.39 is 65.8 Å². The average Bonchev–Trinajstić information content (AvgIpc) is 3.52. The molecule has 1 amide bonds. The SMILES string of the molecule is C=Cc1nc(C(Cc2cc(F)cc(F)c2)NC(=O)Cn2nc(C(F)F)c3c2C(F)(F)C(C)C3)c(-c2cccc(C(=O)OC)c2)cc1NC.